The fraction of sp³-hybridized carbons (Fsp3) is 0.462. The van der Waals surface area contributed by atoms with Crippen molar-refractivity contribution in [2.24, 2.45) is 5.92 Å². The maximum atomic E-state index is 13.4. The molecule has 0 atom stereocenters. The van der Waals surface area contributed by atoms with E-state index in [4.69, 9.17) is 9.90 Å². The Bertz CT molecular complexity index is 1290. The third-order valence-corrected chi connectivity index (χ3v) is 7.46. The number of hydrogen-bond donors (Lipinski definition) is 4. The monoisotopic (exact) mass is 572 g/mol. The number of nitrogens with one attached hydrogen (secondary N) is 3. The van der Waals surface area contributed by atoms with Gasteiger partial charge in [-0.1, -0.05) is 19.9 Å². The van der Waals surface area contributed by atoms with Gasteiger partial charge in [-0.05, 0) is 67.6 Å². The van der Waals surface area contributed by atoms with E-state index in [1.54, 1.807) is 25.1 Å². The molecule has 0 aliphatic carbocycles. The Balaban J connectivity index is 0.000000673. The minimum absolute atomic E-state index is 0.214. The number of aliphatic carboxylic acids is 1. The summed E-state index contributed by atoms with van der Waals surface area (Å²) < 4.78 is 61.3. The molecule has 2 aromatic carbocycles. The van der Waals surface area contributed by atoms with E-state index >= 15 is 0 Å². The molecule has 1 saturated heterocycles. The summed E-state index contributed by atoms with van der Waals surface area (Å²) in [5, 5.41) is 13.3. The van der Waals surface area contributed by atoms with Gasteiger partial charge < -0.3 is 20.6 Å². The van der Waals surface area contributed by atoms with Gasteiger partial charge in [-0.3, -0.25) is 9.52 Å². The summed E-state index contributed by atoms with van der Waals surface area (Å²) in [7, 11) is -3.84. The van der Waals surface area contributed by atoms with Crippen LogP contribution in [0, 0.1) is 26.7 Å². The molecule has 1 heterocycles. The molecule has 0 unspecified atom stereocenters. The van der Waals surface area contributed by atoms with Crippen LogP contribution >= 0.6 is 0 Å². The SMILES string of the molecule is Cc1cc(C)c(S(=O)(=O)Nc2cc(C(=O)NCC(C)C)ccc2N2CCNCC2)cc1C.O=C(O)C(F)(F)F. The molecule has 1 aliphatic heterocycles. The van der Waals surface area contributed by atoms with Crippen LogP contribution in [0.5, 0.6) is 0 Å². The van der Waals surface area contributed by atoms with Gasteiger partial charge in [0.15, 0.2) is 0 Å². The van der Waals surface area contributed by atoms with E-state index in [2.05, 4.69) is 20.3 Å². The highest BCUT2D eigenvalue weighted by atomic mass is 32.2. The number of carboxylic acid groups (broad SMARTS) is 1. The molecule has 1 aliphatic rings. The predicted molar refractivity (Wildman–Crippen MR) is 144 cm³/mol. The van der Waals surface area contributed by atoms with E-state index in [0.717, 1.165) is 43.0 Å². The van der Waals surface area contributed by atoms with Crippen molar-refractivity contribution in [3.63, 3.8) is 0 Å². The zero-order valence-electron chi connectivity index (χ0n) is 22.6. The van der Waals surface area contributed by atoms with E-state index in [0.29, 0.717) is 29.3 Å². The van der Waals surface area contributed by atoms with Crippen molar-refractivity contribution in [1.82, 2.24) is 10.6 Å². The Kier molecular flexibility index (Phi) is 10.8. The van der Waals surface area contributed by atoms with Crippen LogP contribution in [-0.2, 0) is 14.8 Å². The average molecular weight is 573 g/mol. The molecular weight excluding hydrogens is 537 g/mol. The van der Waals surface area contributed by atoms with E-state index in [9.17, 15) is 26.4 Å². The van der Waals surface area contributed by atoms with Gasteiger partial charge in [0.1, 0.15) is 0 Å². The second kappa shape index (κ2) is 13.2. The van der Waals surface area contributed by atoms with Crippen molar-refractivity contribution in [2.75, 3.05) is 42.3 Å². The Labute approximate surface area is 226 Å². The van der Waals surface area contributed by atoms with Gasteiger partial charge in [-0.2, -0.15) is 13.2 Å². The molecule has 216 valence electrons. The molecule has 1 fully saturated rings. The van der Waals surface area contributed by atoms with E-state index < -0.39 is 22.2 Å². The fourth-order valence-electron chi connectivity index (χ4n) is 3.76. The highest BCUT2D eigenvalue weighted by Gasteiger charge is 2.38. The topological polar surface area (TPSA) is 128 Å². The number of halogens is 3. The third-order valence-electron chi connectivity index (χ3n) is 5.95. The Morgan fingerprint density at radius 2 is 1.59 bits per heavy atom. The minimum atomic E-state index is -5.08. The zero-order chi connectivity index (χ0) is 29.5. The molecule has 0 radical (unpaired) electrons. The molecule has 39 heavy (non-hydrogen) atoms. The predicted octanol–water partition coefficient (Wildman–Crippen LogP) is 3.84. The first kappa shape index (κ1) is 31.9. The van der Waals surface area contributed by atoms with Crippen LogP contribution in [0.25, 0.3) is 0 Å². The summed E-state index contributed by atoms with van der Waals surface area (Å²) in [5.41, 5.74) is 4.28. The molecule has 2 aromatic rings. The lowest BCUT2D eigenvalue weighted by Gasteiger charge is -2.31. The molecule has 0 saturated carbocycles. The number of anilines is 2. The number of sulfonamides is 1. The number of rotatable bonds is 7. The van der Waals surface area contributed by atoms with Crippen LogP contribution < -0.4 is 20.3 Å². The number of carbonyl (C=O) groups is 2. The summed E-state index contributed by atoms with van der Waals surface area (Å²) in [6.07, 6.45) is -5.08. The number of carbonyl (C=O) groups excluding carboxylic acids is 1. The highest BCUT2D eigenvalue weighted by Crippen LogP contribution is 2.31. The van der Waals surface area contributed by atoms with Crippen molar-refractivity contribution >= 4 is 33.3 Å². The quantitative estimate of drug-likeness (QED) is 0.397. The molecule has 13 heteroatoms. The third kappa shape index (κ3) is 9.13. The van der Waals surface area contributed by atoms with Crippen LogP contribution in [0.2, 0.25) is 0 Å². The molecule has 0 aromatic heterocycles. The maximum absolute atomic E-state index is 13.4. The number of nitrogens with zero attached hydrogens (tertiary/aromatic N) is 1. The smallest absolute Gasteiger partial charge is 0.475 e. The van der Waals surface area contributed by atoms with Crippen molar-refractivity contribution in [3.8, 4) is 0 Å². The van der Waals surface area contributed by atoms with Gasteiger partial charge in [0.2, 0.25) is 0 Å². The van der Waals surface area contributed by atoms with Gasteiger partial charge in [-0.15, -0.1) is 0 Å². The second-order valence-corrected chi connectivity index (χ2v) is 11.3. The second-order valence-electron chi connectivity index (χ2n) is 9.68. The van der Waals surface area contributed by atoms with Gasteiger partial charge >= 0.3 is 12.1 Å². The molecule has 0 bridgehead atoms. The number of carboxylic acids is 1. The lowest BCUT2D eigenvalue weighted by atomic mass is 10.1. The van der Waals surface area contributed by atoms with Crippen LogP contribution in [0.4, 0.5) is 24.5 Å². The number of amides is 1. The van der Waals surface area contributed by atoms with Crippen molar-refractivity contribution < 1.29 is 36.3 Å². The molecule has 0 spiro atoms. The normalized spacial score (nSPS) is 13.9. The Morgan fingerprint density at radius 1 is 1.03 bits per heavy atom. The summed E-state index contributed by atoms with van der Waals surface area (Å²) in [6.45, 7) is 13.4. The fourth-order valence-corrected chi connectivity index (χ4v) is 5.14. The summed E-state index contributed by atoms with van der Waals surface area (Å²) in [4.78, 5) is 23.9. The molecular formula is C26H35F3N4O5S. The number of benzene rings is 2. The first-order valence-electron chi connectivity index (χ1n) is 12.3. The number of aryl methyl sites for hydroxylation is 3. The Morgan fingerprint density at radius 3 is 2.13 bits per heavy atom. The largest absolute Gasteiger partial charge is 0.490 e. The summed E-state index contributed by atoms with van der Waals surface area (Å²) in [6, 6.07) is 8.82. The summed E-state index contributed by atoms with van der Waals surface area (Å²) >= 11 is 0. The lowest BCUT2D eigenvalue weighted by molar-refractivity contribution is -0.192. The zero-order valence-corrected chi connectivity index (χ0v) is 23.4. The van der Waals surface area contributed by atoms with E-state index in [-0.39, 0.29) is 10.8 Å². The summed E-state index contributed by atoms with van der Waals surface area (Å²) in [5.74, 6) is -2.65. The van der Waals surface area contributed by atoms with Gasteiger partial charge in [-0.25, -0.2) is 13.2 Å². The van der Waals surface area contributed by atoms with Crippen molar-refractivity contribution in [3.05, 3.63) is 52.6 Å². The minimum Gasteiger partial charge on any atom is -0.475 e. The van der Waals surface area contributed by atoms with Crippen LogP contribution in [-0.4, -0.2) is 64.3 Å². The molecule has 9 nitrogen and oxygen atoms in total. The molecule has 3 rings (SSSR count). The first-order valence-corrected chi connectivity index (χ1v) is 13.8. The van der Waals surface area contributed by atoms with Gasteiger partial charge in [0.25, 0.3) is 15.9 Å². The molecule has 1 amide bonds. The standard InChI is InChI=1S/C24H34N4O3S.C2HF3O2/c1-16(2)15-26-24(29)20-6-7-22(28-10-8-25-9-11-28)21(14-20)27-32(30,31)23-13-18(4)17(3)12-19(23)5;3-2(4,5)1(6)7/h6-7,12-14,16,25,27H,8-11,15H2,1-5H3,(H,26,29);(H,6,7). The number of alkyl halides is 3. The highest BCUT2D eigenvalue weighted by molar-refractivity contribution is 7.92. The van der Waals surface area contributed by atoms with E-state index in [1.807, 2.05) is 39.8 Å². The number of piperazine rings is 1. The van der Waals surface area contributed by atoms with Crippen molar-refractivity contribution in [2.45, 2.75) is 45.7 Å². The van der Waals surface area contributed by atoms with Gasteiger partial charge in [0.05, 0.1) is 16.3 Å². The van der Waals surface area contributed by atoms with Crippen LogP contribution in [0.1, 0.15) is 40.9 Å². The Hall–Kier alpha value is -3.32. The van der Waals surface area contributed by atoms with Crippen LogP contribution in [0.3, 0.4) is 0 Å². The van der Waals surface area contributed by atoms with Crippen molar-refractivity contribution in [1.29, 1.82) is 0 Å². The average Bonchev–Trinajstić information content (AvgIpc) is 2.84. The number of hydrogen-bond acceptors (Lipinski definition) is 6. The van der Waals surface area contributed by atoms with E-state index in [1.165, 1.54) is 0 Å². The maximum Gasteiger partial charge on any atom is 0.490 e. The lowest BCUT2D eigenvalue weighted by Crippen LogP contribution is -2.43. The molecule has 4 N–H and O–H groups in total. The van der Waals surface area contributed by atoms with Gasteiger partial charge in [0, 0.05) is 38.3 Å². The first-order chi connectivity index (χ1) is 18.0. The van der Waals surface area contributed by atoms with Crippen LogP contribution in [0.15, 0.2) is 35.2 Å².